The first-order chi connectivity index (χ1) is 12.4. The minimum atomic E-state index is -0.878. The molecule has 146 valence electrons. The second kappa shape index (κ2) is 8.41. The molecular weight excluding hydrogens is 344 g/mol. The average Bonchev–Trinajstić information content (AvgIpc) is 3.28. The maximum absolute atomic E-state index is 12.9. The third-order valence-corrected chi connectivity index (χ3v) is 7.08. The average molecular weight is 379 g/mol. The van der Waals surface area contributed by atoms with Crippen LogP contribution in [0.4, 0.5) is 0 Å². The summed E-state index contributed by atoms with van der Waals surface area (Å²) in [5.41, 5.74) is -0.878. The largest absolute Gasteiger partial charge is 0.388 e. The van der Waals surface area contributed by atoms with Gasteiger partial charge in [0.2, 0.25) is 5.91 Å². The van der Waals surface area contributed by atoms with Crippen molar-refractivity contribution in [2.75, 3.05) is 13.1 Å². The molecule has 1 aliphatic heterocycles. The van der Waals surface area contributed by atoms with Crippen LogP contribution in [0.5, 0.6) is 0 Å². The molecule has 1 aromatic rings. The smallest absolute Gasteiger partial charge is 0.223 e. The van der Waals surface area contributed by atoms with E-state index < -0.39 is 5.60 Å². The van der Waals surface area contributed by atoms with Gasteiger partial charge in [-0.05, 0) is 56.5 Å². The van der Waals surface area contributed by atoms with Gasteiger partial charge in [0.1, 0.15) is 0 Å². The van der Waals surface area contributed by atoms with Crippen LogP contribution in [0.25, 0.3) is 0 Å². The van der Waals surface area contributed by atoms with Gasteiger partial charge in [-0.2, -0.15) is 0 Å². The number of amides is 1. The number of rotatable bonds is 6. The molecule has 2 aliphatic rings. The fraction of sp³-hybridized carbons (Fsp3) is 0.762. The van der Waals surface area contributed by atoms with Gasteiger partial charge in [-0.1, -0.05) is 32.8 Å². The minimum absolute atomic E-state index is 0.0582. The van der Waals surface area contributed by atoms with Gasteiger partial charge in [0.15, 0.2) is 0 Å². The molecule has 1 saturated heterocycles. The van der Waals surface area contributed by atoms with Crippen LogP contribution in [0.1, 0.15) is 70.2 Å². The molecule has 3 atom stereocenters. The predicted octanol–water partition coefficient (Wildman–Crippen LogP) is 3.97. The van der Waals surface area contributed by atoms with Crippen LogP contribution in [0, 0.1) is 11.8 Å². The van der Waals surface area contributed by atoms with Gasteiger partial charge >= 0.3 is 0 Å². The molecule has 0 radical (unpaired) electrons. The van der Waals surface area contributed by atoms with E-state index >= 15 is 0 Å². The zero-order chi connectivity index (χ0) is 18.7. The first-order valence-electron chi connectivity index (χ1n) is 10.2. The molecule has 2 N–H and O–H groups in total. The number of aliphatic hydroxyl groups is 1. The number of hydrogen-bond donors (Lipinski definition) is 2. The van der Waals surface area contributed by atoms with Crippen LogP contribution >= 0.6 is 11.3 Å². The number of nitrogens with one attached hydrogen (secondary N) is 1. The highest BCUT2D eigenvalue weighted by Gasteiger charge is 2.47. The van der Waals surface area contributed by atoms with E-state index in [9.17, 15) is 9.90 Å². The molecule has 26 heavy (non-hydrogen) atoms. The van der Waals surface area contributed by atoms with Crippen LogP contribution in [0.3, 0.4) is 0 Å². The van der Waals surface area contributed by atoms with Gasteiger partial charge < -0.3 is 10.4 Å². The van der Waals surface area contributed by atoms with Crippen LogP contribution in [0.15, 0.2) is 17.5 Å². The third kappa shape index (κ3) is 4.49. The van der Waals surface area contributed by atoms with Crippen molar-refractivity contribution in [2.24, 2.45) is 11.8 Å². The van der Waals surface area contributed by atoms with Crippen molar-refractivity contribution < 1.29 is 9.90 Å². The topological polar surface area (TPSA) is 52.6 Å². The quantitative estimate of drug-likeness (QED) is 0.788. The van der Waals surface area contributed by atoms with E-state index in [4.69, 9.17) is 0 Å². The Morgan fingerprint density at radius 3 is 2.77 bits per heavy atom. The zero-order valence-corrected chi connectivity index (χ0v) is 17.2. The molecule has 0 spiro atoms. The lowest BCUT2D eigenvalue weighted by Gasteiger charge is -2.49. The lowest BCUT2D eigenvalue weighted by atomic mass is 9.81. The lowest BCUT2D eigenvalue weighted by molar-refractivity contribution is -0.132. The molecule has 1 aromatic heterocycles. The van der Waals surface area contributed by atoms with Gasteiger partial charge in [0.05, 0.1) is 17.7 Å². The van der Waals surface area contributed by atoms with Crippen molar-refractivity contribution in [3.05, 3.63) is 22.4 Å². The molecule has 2 fully saturated rings. The molecule has 0 unspecified atom stereocenters. The van der Waals surface area contributed by atoms with Gasteiger partial charge in [-0.3, -0.25) is 9.69 Å². The second-order valence-electron chi connectivity index (χ2n) is 8.75. The van der Waals surface area contributed by atoms with E-state index in [1.807, 2.05) is 6.92 Å². The van der Waals surface area contributed by atoms with E-state index in [1.54, 1.807) is 11.3 Å². The monoisotopic (exact) mass is 378 g/mol. The zero-order valence-electron chi connectivity index (χ0n) is 16.4. The Labute approximate surface area is 162 Å². The fourth-order valence-electron chi connectivity index (χ4n) is 4.39. The summed E-state index contributed by atoms with van der Waals surface area (Å²) in [5.74, 6) is 0.911. The number of nitrogens with zero attached hydrogens (tertiary/aromatic N) is 1. The first-order valence-corrected chi connectivity index (χ1v) is 11.1. The van der Waals surface area contributed by atoms with Gasteiger partial charge in [-0.25, -0.2) is 0 Å². The Morgan fingerprint density at radius 2 is 2.15 bits per heavy atom. The normalized spacial score (nSPS) is 30.8. The second-order valence-corrected chi connectivity index (χ2v) is 9.73. The molecule has 1 aliphatic carbocycles. The van der Waals surface area contributed by atoms with Crippen molar-refractivity contribution in [3.8, 4) is 0 Å². The van der Waals surface area contributed by atoms with Crippen molar-refractivity contribution in [1.82, 2.24) is 10.2 Å². The van der Waals surface area contributed by atoms with Gasteiger partial charge in [-0.15, -0.1) is 11.3 Å². The molecule has 1 saturated carbocycles. The van der Waals surface area contributed by atoms with Crippen LogP contribution < -0.4 is 5.32 Å². The molecule has 3 rings (SSSR count). The minimum Gasteiger partial charge on any atom is -0.388 e. The van der Waals surface area contributed by atoms with E-state index in [0.29, 0.717) is 12.3 Å². The van der Waals surface area contributed by atoms with Crippen molar-refractivity contribution in [1.29, 1.82) is 0 Å². The van der Waals surface area contributed by atoms with Crippen LogP contribution in [-0.4, -0.2) is 40.6 Å². The molecule has 5 heteroatoms. The summed E-state index contributed by atoms with van der Waals surface area (Å²) in [5, 5.41) is 16.5. The highest BCUT2D eigenvalue weighted by Crippen LogP contribution is 2.39. The number of carbonyl (C=O) groups is 1. The molecular formula is C21H34N2O2S. The summed E-state index contributed by atoms with van der Waals surface area (Å²) < 4.78 is 0. The SMILES string of the molecule is CC(C)CCN1CC[C@@](C)(O)[C@@H](NC(=O)C2CCCC2)[C@@H]1c1cccs1. The highest BCUT2D eigenvalue weighted by atomic mass is 32.1. The lowest BCUT2D eigenvalue weighted by Crippen LogP contribution is -2.63. The Morgan fingerprint density at radius 1 is 1.42 bits per heavy atom. The molecule has 4 nitrogen and oxygen atoms in total. The summed E-state index contributed by atoms with van der Waals surface area (Å²) in [7, 11) is 0. The Kier molecular flexibility index (Phi) is 6.41. The highest BCUT2D eigenvalue weighted by molar-refractivity contribution is 7.10. The predicted molar refractivity (Wildman–Crippen MR) is 107 cm³/mol. The van der Waals surface area contributed by atoms with Crippen molar-refractivity contribution in [3.63, 3.8) is 0 Å². The molecule has 2 heterocycles. The van der Waals surface area contributed by atoms with Crippen molar-refractivity contribution in [2.45, 2.75) is 77.0 Å². The fourth-order valence-corrected chi connectivity index (χ4v) is 5.28. The van der Waals surface area contributed by atoms with E-state index in [-0.39, 0.29) is 23.9 Å². The number of hydrogen-bond acceptors (Lipinski definition) is 4. The summed E-state index contributed by atoms with van der Waals surface area (Å²) in [6, 6.07) is 4.02. The number of carbonyl (C=O) groups excluding carboxylic acids is 1. The maximum atomic E-state index is 12.9. The Hall–Kier alpha value is -0.910. The number of piperidine rings is 1. The Bertz CT molecular complexity index is 577. The van der Waals surface area contributed by atoms with E-state index in [0.717, 1.165) is 45.2 Å². The summed E-state index contributed by atoms with van der Waals surface area (Å²) in [6.45, 7) is 8.27. The number of likely N-dealkylation sites (tertiary alicyclic amines) is 1. The van der Waals surface area contributed by atoms with Gasteiger partial charge in [0, 0.05) is 17.3 Å². The summed E-state index contributed by atoms with van der Waals surface area (Å²) in [6.07, 6.45) is 6.10. The first kappa shape index (κ1) is 19.8. The van der Waals surface area contributed by atoms with Crippen LogP contribution in [0.2, 0.25) is 0 Å². The maximum Gasteiger partial charge on any atom is 0.223 e. The van der Waals surface area contributed by atoms with Gasteiger partial charge in [0.25, 0.3) is 0 Å². The van der Waals surface area contributed by atoms with E-state index in [1.165, 1.54) is 4.88 Å². The summed E-state index contributed by atoms with van der Waals surface area (Å²) in [4.78, 5) is 16.6. The third-order valence-electron chi connectivity index (χ3n) is 6.14. The number of thiophene rings is 1. The summed E-state index contributed by atoms with van der Waals surface area (Å²) >= 11 is 1.73. The molecule has 0 aromatic carbocycles. The molecule has 0 bridgehead atoms. The van der Waals surface area contributed by atoms with Crippen molar-refractivity contribution >= 4 is 17.2 Å². The van der Waals surface area contributed by atoms with E-state index in [2.05, 4.69) is 41.6 Å². The molecule has 1 amide bonds. The Balaban J connectivity index is 1.83. The standard InChI is InChI=1S/C21H34N2O2S/c1-15(2)10-12-23-13-11-21(3,25)19(18(23)17-9-6-14-26-17)22-20(24)16-7-4-5-8-16/h6,9,14-16,18-19,25H,4-5,7-8,10-13H2,1-3H3,(H,22,24)/t18-,19-,21+/m0/s1. The van der Waals surface area contributed by atoms with Crippen LogP contribution in [-0.2, 0) is 4.79 Å².